The maximum absolute atomic E-state index is 12.3. The maximum Gasteiger partial charge on any atom is 0.348 e. The van der Waals surface area contributed by atoms with Crippen molar-refractivity contribution in [3.63, 3.8) is 0 Å². The van der Waals surface area contributed by atoms with E-state index in [0.717, 1.165) is 0 Å². The van der Waals surface area contributed by atoms with Gasteiger partial charge in [-0.3, -0.25) is 0 Å². The second-order valence-corrected chi connectivity index (χ2v) is 6.13. The molecular formula is C20H15Cl2NO5. The van der Waals surface area contributed by atoms with E-state index in [1.54, 1.807) is 19.1 Å². The maximum atomic E-state index is 12.3. The molecule has 144 valence electrons. The molecule has 0 atom stereocenters. The lowest BCUT2D eigenvalue weighted by molar-refractivity contribution is -0.137. The monoisotopic (exact) mass is 419 g/mol. The van der Waals surface area contributed by atoms with Crippen molar-refractivity contribution < 1.29 is 23.8 Å². The van der Waals surface area contributed by atoms with Gasteiger partial charge in [0.2, 0.25) is 0 Å². The number of esters is 2. The van der Waals surface area contributed by atoms with Gasteiger partial charge in [-0.2, -0.15) is 5.26 Å². The molecule has 0 aliphatic carbocycles. The van der Waals surface area contributed by atoms with Crippen molar-refractivity contribution >= 4 is 41.2 Å². The van der Waals surface area contributed by atoms with E-state index in [2.05, 4.69) is 0 Å². The van der Waals surface area contributed by atoms with Gasteiger partial charge in [0.05, 0.1) is 29.3 Å². The number of hydrogen-bond acceptors (Lipinski definition) is 6. The molecule has 0 aliphatic rings. The van der Waals surface area contributed by atoms with Crippen LogP contribution in [0.3, 0.4) is 0 Å². The molecule has 0 saturated carbocycles. The highest BCUT2D eigenvalue weighted by Gasteiger charge is 2.15. The van der Waals surface area contributed by atoms with Gasteiger partial charge in [-0.1, -0.05) is 29.3 Å². The van der Waals surface area contributed by atoms with Crippen LogP contribution in [0.1, 0.15) is 22.8 Å². The zero-order valence-electron chi connectivity index (χ0n) is 15.0. The predicted molar refractivity (Wildman–Crippen MR) is 105 cm³/mol. The highest BCUT2D eigenvalue weighted by Crippen LogP contribution is 2.30. The quantitative estimate of drug-likeness (QED) is 0.292. The van der Waals surface area contributed by atoms with Gasteiger partial charge in [0.1, 0.15) is 11.6 Å². The van der Waals surface area contributed by atoms with Gasteiger partial charge in [-0.05, 0) is 48.9 Å². The Morgan fingerprint density at radius 1 is 1.11 bits per heavy atom. The molecule has 0 fully saturated rings. The lowest BCUT2D eigenvalue weighted by Gasteiger charge is -2.10. The molecular weight excluding hydrogens is 405 g/mol. The van der Waals surface area contributed by atoms with E-state index in [9.17, 15) is 9.59 Å². The Kier molecular flexibility index (Phi) is 7.44. The first-order chi connectivity index (χ1) is 13.4. The van der Waals surface area contributed by atoms with Crippen molar-refractivity contribution in [1.29, 1.82) is 5.26 Å². The smallest absolute Gasteiger partial charge is 0.348 e. The summed E-state index contributed by atoms with van der Waals surface area (Å²) in [4.78, 5) is 24.0. The van der Waals surface area contributed by atoms with Crippen LogP contribution in [-0.2, 0) is 9.53 Å². The second-order valence-electron chi connectivity index (χ2n) is 5.32. The van der Waals surface area contributed by atoms with Gasteiger partial charge in [-0.25, -0.2) is 9.59 Å². The fraction of sp³-hybridized carbons (Fsp3) is 0.150. The molecule has 0 bridgehead atoms. The molecule has 0 amide bonds. The average molecular weight is 420 g/mol. The first kappa shape index (κ1) is 21.3. The third-order valence-corrected chi connectivity index (χ3v) is 4.21. The van der Waals surface area contributed by atoms with Crippen molar-refractivity contribution in [3.05, 3.63) is 63.1 Å². The van der Waals surface area contributed by atoms with E-state index in [-0.39, 0.29) is 34.3 Å². The number of hydrogen-bond donors (Lipinski definition) is 0. The van der Waals surface area contributed by atoms with Gasteiger partial charge in [0.15, 0.2) is 11.5 Å². The molecule has 28 heavy (non-hydrogen) atoms. The van der Waals surface area contributed by atoms with Gasteiger partial charge in [-0.15, -0.1) is 0 Å². The lowest BCUT2D eigenvalue weighted by Crippen LogP contribution is -2.09. The summed E-state index contributed by atoms with van der Waals surface area (Å²) in [5.74, 6) is -0.975. The number of nitriles is 1. The standard InChI is InChI=1S/C20H15Cl2NO5/c1-3-27-19(24)14(11-23)8-12-4-7-17(18(9-12)26-2)28-20(25)13-5-6-15(21)16(22)10-13/h4-10H,3H2,1-2H3/b14-8+. The highest BCUT2D eigenvalue weighted by molar-refractivity contribution is 6.42. The van der Waals surface area contributed by atoms with Gasteiger partial charge < -0.3 is 14.2 Å². The van der Waals surface area contributed by atoms with E-state index in [1.807, 2.05) is 0 Å². The Balaban J connectivity index is 2.27. The summed E-state index contributed by atoms with van der Waals surface area (Å²) in [7, 11) is 1.40. The molecule has 0 radical (unpaired) electrons. The minimum Gasteiger partial charge on any atom is -0.493 e. The summed E-state index contributed by atoms with van der Waals surface area (Å²) in [6.07, 6.45) is 1.35. The van der Waals surface area contributed by atoms with E-state index in [0.29, 0.717) is 10.6 Å². The van der Waals surface area contributed by atoms with Crippen LogP contribution in [0.15, 0.2) is 42.0 Å². The van der Waals surface area contributed by atoms with Gasteiger partial charge >= 0.3 is 11.9 Å². The van der Waals surface area contributed by atoms with Crippen LogP contribution in [0, 0.1) is 11.3 Å². The van der Waals surface area contributed by atoms with Crippen molar-refractivity contribution in [1.82, 2.24) is 0 Å². The minimum atomic E-state index is -0.723. The van der Waals surface area contributed by atoms with E-state index < -0.39 is 11.9 Å². The Labute approximate surface area is 171 Å². The van der Waals surface area contributed by atoms with Crippen LogP contribution in [0.4, 0.5) is 0 Å². The summed E-state index contributed by atoms with van der Waals surface area (Å²) in [6, 6.07) is 10.7. The molecule has 0 aromatic heterocycles. The van der Waals surface area contributed by atoms with Crippen molar-refractivity contribution in [2.45, 2.75) is 6.92 Å². The van der Waals surface area contributed by atoms with Crippen molar-refractivity contribution in [3.8, 4) is 17.6 Å². The average Bonchev–Trinajstić information content (AvgIpc) is 2.69. The molecule has 2 aromatic rings. The fourth-order valence-electron chi connectivity index (χ4n) is 2.15. The first-order valence-electron chi connectivity index (χ1n) is 8.03. The van der Waals surface area contributed by atoms with Crippen LogP contribution in [0.25, 0.3) is 6.08 Å². The molecule has 0 unspecified atom stereocenters. The van der Waals surface area contributed by atoms with E-state index in [4.69, 9.17) is 42.7 Å². The number of methoxy groups -OCH3 is 1. The molecule has 0 spiro atoms. The number of rotatable bonds is 6. The Bertz CT molecular complexity index is 979. The van der Waals surface area contributed by atoms with Crippen LogP contribution >= 0.6 is 23.2 Å². The SMILES string of the molecule is CCOC(=O)/C(C#N)=C/c1ccc(OC(=O)c2ccc(Cl)c(Cl)c2)c(OC)c1. The van der Waals surface area contributed by atoms with Crippen molar-refractivity contribution in [2.24, 2.45) is 0 Å². The predicted octanol–water partition coefficient (Wildman–Crippen LogP) is 4.69. The number of ether oxygens (including phenoxy) is 3. The Morgan fingerprint density at radius 2 is 1.86 bits per heavy atom. The minimum absolute atomic E-state index is 0.158. The van der Waals surface area contributed by atoms with Gasteiger partial charge in [0, 0.05) is 0 Å². The summed E-state index contributed by atoms with van der Waals surface area (Å²) >= 11 is 11.8. The fourth-order valence-corrected chi connectivity index (χ4v) is 2.45. The third kappa shape index (κ3) is 5.26. The normalized spacial score (nSPS) is 10.8. The van der Waals surface area contributed by atoms with Gasteiger partial charge in [0.25, 0.3) is 0 Å². The Hall–Kier alpha value is -3.01. The molecule has 8 heteroatoms. The molecule has 2 aromatic carbocycles. The number of carbonyl (C=O) groups is 2. The van der Waals surface area contributed by atoms with E-state index >= 15 is 0 Å². The summed E-state index contributed by atoms with van der Waals surface area (Å²) in [5.41, 5.74) is 0.551. The number of nitrogens with zero attached hydrogens (tertiary/aromatic N) is 1. The zero-order chi connectivity index (χ0) is 20.7. The van der Waals surface area contributed by atoms with Crippen molar-refractivity contribution in [2.75, 3.05) is 13.7 Å². The zero-order valence-corrected chi connectivity index (χ0v) is 16.5. The van der Waals surface area contributed by atoms with Crippen LogP contribution in [0.2, 0.25) is 10.0 Å². The molecule has 0 N–H and O–H groups in total. The number of halogens is 2. The van der Waals surface area contributed by atoms with Crippen LogP contribution < -0.4 is 9.47 Å². The largest absolute Gasteiger partial charge is 0.493 e. The summed E-state index contributed by atoms with van der Waals surface area (Å²) in [5, 5.41) is 9.66. The summed E-state index contributed by atoms with van der Waals surface area (Å²) < 4.78 is 15.4. The molecule has 6 nitrogen and oxygen atoms in total. The molecule has 0 heterocycles. The topological polar surface area (TPSA) is 85.6 Å². The molecule has 0 saturated heterocycles. The number of benzene rings is 2. The van der Waals surface area contributed by atoms with Crippen LogP contribution in [0.5, 0.6) is 11.5 Å². The molecule has 0 aliphatic heterocycles. The second kappa shape index (κ2) is 9.79. The Morgan fingerprint density at radius 3 is 2.46 bits per heavy atom. The molecule has 2 rings (SSSR count). The highest BCUT2D eigenvalue weighted by atomic mass is 35.5. The number of carbonyl (C=O) groups excluding carboxylic acids is 2. The first-order valence-corrected chi connectivity index (χ1v) is 8.79. The van der Waals surface area contributed by atoms with Crippen LogP contribution in [-0.4, -0.2) is 25.7 Å². The third-order valence-electron chi connectivity index (χ3n) is 3.47. The summed E-state index contributed by atoms with van der Waals surface area (Å²) in [6.45, 7) is 1.80. The van der Waals surface area contributed by atoms with E-state index in [1.165, 1.54) is 43.5 Å². The lowest BCUT2D eigenvalue weighted by atomic mass is 10.1.